The lowest BCUT2D eigenvalue weighted by Crippen LogP contribution is -2.14. The summed E-state index contributed by atoms with van der Waals surface area (Å²) in [6, 6.07) is 54.1. The van der Waals surface area contributed by atoms with Gasteiger partial charge in [-0.05, 0) is 93.7 Å². The maximum atomic E-state index is 2.40. The standard InChI is InChI=1S/C43H30/c1-43(2)38-16-8-7-14-36(38)42-33(15-9-17-39(42)43)28-18-20-29(21-19-28)37-26-31-25-24-30-23-22-27-10-3-4-11-32(27)40(30)41(31)35-13-6-5-12-34(35)37/h3-26H,1-2H3. The fraction of sp³-hybridized carbons (Fsp3) is 0.0698. The predicted molar refractivity (Wildman–Crippen MR) is 185 cm³/mol. The Morgan fingerprint density at radius 3 is 1.74 bits per heavy atom. The van der Waals surface area contributed by atoms with Gasteiger partial charge in [0.05, 0.1) is 0 Å². The maximum Gasteiger partial charge on any atom is 0.0159 e. The zero-order chi connectivity index (χ0) is 28.7. The molecule has 0 aliphatic heterocycles. The molecule has 0 radical (unpaired) electrons. The summed E-state index contributed by atoms with van der Waals surface area (Å²) in [5, 5.41) is 10.4. The molecular formula is C43H30. The van der Waals surface area contributed by atoms with Gasteiger partial charge in [-0.1, -0.05) is 153 Å². The first kappa shape index (κ1) is 24.4. The Kier molecular flexibility index (Phi) is 5.05. The maximum absolute atomic E-state index is 2.40. The molecule has 1 aliphatic carbocycles. The third kappa shape index (κ3) is 3.44. The van der Waals surface area contributed by atoms with Crippen molar-refractivity contribution in [3.05, 3.63) is 157 Å². The summed E-state index contributed by atoms with van der Waals surface area (Å²) in [7, 11) is 0. The van der Waals surface area contributed by atoms with E-state index in [0.717, 1.165) is 0 Å². The van der Waals surface area contributed by atoms with Crippen LogP contribution in [0.25, 0.3) is 76.5 Å². The van der Waals surface area contributed by atoms with Crippen LogP contribution in [0, 0.1) is 0 Å². The summed E-state index contributed by atoms with van der Waals surface area (Å²) in [5.41, 5.74) is 10.7. The average Bonchev–Trinajstić information content (AvgIpc) is 3.30. The van der Waals surface area contributed by atoms with Gasteiger partial charge < -0.3 is 0 Å². The van der Waals surface area contributed by atoms with Crippen LogP contribution in [0.5, 0.6) is 0 Å². The molecule has 0 heterocycles. The minimum absolute atomic E-state index is 0.00137. The smallest absolute Gasteiger partial charge is 0.0159 e. The molecule has 8 aromatic rings. The molecule has 0 heteroatoms. The number of benzene rings is 8. The minimum atomic E-state index is 0.00137. The van der Waals surface area contributed by atoms with Crippen molar-refractivity contribution in [2.75, 3.05) is 0 Å². The molecule has 0 atom stereocenters. The zero-order valence-electron chi connectivity index (χ0n) is 24.4. The number of fused-ring (bicyclic) bond motifs is 10. The Bertz CT molecular complexity index is 2400. The second kappa shape index (κ2) is 8.90. The van der Waals surface area contributed by atoms with E-state index in [-0.39, 0.29) is 5.41 Å². The highest BCUT2D eigenvalue weighted by Gasteiger charge is 2.36. The molecule has 8 aromatic carbocycles. The van der Waals surface area contributed by atoms with Gasteiger partial charge in [-0.15, -0.1) is 0 Å². The van der Waals surface area contributed by atoms with Crippen LogP contribution in [0.1, 0.15) is 25.0 Å². The lowest BCUT2D eigenvalue weighted by Gasteiger charge is -2.21. The van der Waals surface area contributed by atoms with Gasteiger partial charge in [-0.2, -0.15) is 0 Å². The lowest BCUT2D eigenvalue weighted by molar-refractivity contribution is 0.660. The van der Waals surface area contributed by atoms with Crippen molar-refractivity contribution in [1.82, 2.24) is 0 Å². The average molecular weight is 547 g/mol. The van der Waals surface area contributed by atoms with Crippen LogP contribution >= 0.6 is 0 Å². The summed E-state index contributed by atoms with van der Waals surface area (Å²) in [6.45, 7) is 4.70. The fourth-order valence-electron chi connectivity index (χ4n) is 7.76. The normalized spacial score (nSPS) is 13.5. The summed E-state index contributed by atoms with van der Waals surface area (Å²) >= 11 is 0. The molecule has 0 saturated carbocycles. The monoisotopic (exact) mass is 546 g/mol. The van der Waals surface area contributed by atoms with Crippen LogP contribution in [0.15, 0.2) is 146 Å². The van der Waals surface area contributed by atoms with Crippen molar-refractivity contribution in [3.63, 3.8) is 0 Å². The van der Waals surface area contributed by atoms with E-state index in [1.807, 2.05) is 0 Å². The van der Waals surface area contributed by atoms with E-state index in [2.05, 4.69) is 159 Å². The van der Waals surface area contributed by atoms with Crippen LogP contribution in [-0.2, 0) is 5.41 Å². The summed E-state index contributed by atoms with van der Waals surface area (Å²) < 4.78 is 0. The first-order valence-corrected chi connectivity index (χ1v) is 15.2. The highest BCUT2D eigenvalue weighted by atomic mass is 14.4. The largest absolute Gasteiger partial charge is 0.0619 e. The van der Waals surface area contributed by atoms with Gasteiger partial charge in [0.1, 0.15) is 0 Å². The van der Waals surface area contributed by atoms with E-state index in [0.29, 0.717) is 0 Å². The third-order valence-corrected chi connectivity index (χ3v) is 9.84. The molecule has 0 bridgehead atoms. The van der Waals surface area contributed by atoms with Gasteiger partial charge in [-0.25, -0.2) is 0 Å². The Morgan fingerprint density at radius 1 is 0.372 bits per heavy atom. The summed E-state index contributed by atoms with van der Waals surface area (Å²) in [6.07, 6.45) is 0. The van der Waals surface area contributed by atoms with E-state index in [1.165, 1.54) is 87.6 Å². The summed E-state index contributed by atoms with van der Waals surface area (Å²) in [5.74, 6) is 0. The van der Waals surface area contributed by atoms with Crippen molar-refractivity contribution in [2.45, 2.75) is 19.3 Å². The van der Waals surface area contributed by atoms with Gasteiger partial charge in [0.2, 0.25) is 0 Å². The van der Waals surface area contributed by atoms with Crippen LogP contribution in [0.4, 0.5) is 0 Å². The van der Waals surface area contributed by atoms with Crippen LogP contribution in [0.2, 0.25) is 0 Å². The molecule has 0 nitrogen and oxygen atoms in total. The van der Waals surface area contributed by atoms with Crippen molar-refractivity contribution >= 4 is 43.1 Å². The van der Waals surface area contributed by atoms with Gasteiger partial charge >= 0.3 is 0 Å². The topological polar surface area (TPSA) is 0 Å². The molecule has 0 fully saturated rings. The second-order valence-corrected chi connectivity index (χ2v) is 12.5. The Balaban J connectivity index is 1.24. The van der Waals surface area contributed by atoms with Crippen molar-refractivity contribution in [3.8, 4) is 33.4 Å². The molecule has 0 aromatic heterocycles. The van der Waals surface area contributed by atoms with Gasteiger partial charge in [-0.3, -0.25) is 0 Å². The van der Waals surface area contributed by atoms with Gasteiger partial charge in [0.15, 0.2) is 0 Å². The van der Waals surface area contributed by atoms with Crippen molar-refractivity contribution in [2.24, 2.45) is 0 Å². The van der Waals surface area contributed by atoms with Crippen LogP contribution in [-0.4, -0.2) is 0 Å². The van der Waals surface area contributed by atoms with E-state index >= 15 is 0 Å². The van der Waals surface area contributed by atoms with Crippen molar-refractivity contribution in [1.29, 1.82) is 0 Å². The van der Waals surface area contributed by atoms with E-state index in [4.69, 9.17) is 0 Å². The van der Waals surface area contributed by atoms with Gasteiger partial charge in [0.25, 0.3) is 0 Å². The van der Waals surface area contributed by atoms with E-state index in [1.54, 1.807) is 0 Å². The molecule has 0 saturated heterocycles. The molecule has 0 N–H and O–H groups in total. The fourth-order valence-corrected chi connectivity index (χ4v) is 7.76. The van der Waals surface area contributed by atoms with Gasteiger partial charge in [0, 0.05) is 5.41 Å². The van der Waals surface area contributed by atoms with Crippen molar-refractivity contribution < 1.29 is 0 Å². The summed E-state index contributed by atoms with van der Waals surface area (Å²) in [4.78, 5) is 0. The molecule has 43 heavy (non-hydrogen) atoms. The number of rotatable bonds is 2. The Hall–Kier alpha value is -5.20. The first-order valence-electron chi connectivity index (χ1n) is 15.2. The Morgan fingerprint density at radius 2 is 0.930 bits per heavy atom. The highest BCUT2D eigenvalue weighted by Crippen LogP contribution is 2.52. The third-order valence-electron chi connectivity index (χ3n) is 9.84. The second-order valence-electron chi connectivity index (χ2n) is 12.5. The molecule has 9 rings (SSSR count). The lowest BCUT2D eigenvalue weighted by atomic mass is 9.82. The SMILES string of the molecule is CC1(C)c2ccccc2-c2c(-c3ccc(-c4cc5ccc6ccc7ccccc7c6c5c5ccccc45)cc3)cccc21. The zero-order valence-corrected chi connectivity index (χ0v) is 24.4. The molecule has 0 unspecified atom stereocenters. The van der Waals surface area contributed by atoms with E-state index in [9.17, 15) is 0 Å². The number of hydrogen-bond donors (Lipinski definition) is 0. The van der Waals surface area contributed by atoms with Crippen LogP contribution < -0.4 is 0 Å². The number of hydrogen-bond acceptors (Lipinski definition) is 0. The quantitative estimate of drug-likeness (QED) is 0.189. The van der Waals surface area contributed by atoms with E-state index < -0.39 is 0 Å². The molecule has 202 valence electrons. The molecule has 1 aliphatic rings. The highest BCUT2D eigenvalue weighted by molar-refractivity contribution is 6.29. The molecule has 0 amide bonds. The molecule has 0 spiro atoms. The minimum Gasteiger partial charge on any atom is -0.0619 e. The molecular weight excluding hydrogens is 516 g/mol. The first-order chi connectivity index (χ1) is 21.1. The van der Waals surface area contributed by atoms with Crippen LogP contribution in [0.3, 0.4) is 0 Å². The Labute approximate surface area is 251 Å². The predicted octanol–water partition coefficient (Wildman–Crippen LogP) is 11.9.